The summed E-state index contributed by atoms with van der Waals surface area (Å²) in [6.07, 6.45) is 7.87. The van der Waals surface area contributed by atoms with Crippen molar-refractivity contribution in [3.05, 3.63) is 64.1 Å². The van der Waals surface area contributed by atoms with Gasteiger partial charge in [0.2, 0.25) is 5.91 Å². The summed E-state index contributed by atoms with van der Waals surface area (Å²) < 4.78 is 5.51. The lowest BCUT2D eigenvalue weighted by atomic mass is 10.0. The SMILES string of the molecule is COC1=CC(c2ccc[nH]2)=N/C1=C/c1[nH]c(C)c(C(=O)CCCCC(=O)NC(C)(C)C)c1C. The number of aryl methyl sites for hydroxylation is 1. The van der Waals surface area contributed by atoms with E-state index in [1.165, 1.54) is 0 Å². The van der Waals surface area contributed by atoms with Gasteiger partial charge in [0, 0.05) is 47.6 Å². The number of aliphatic imine (C=N–C) groups is 1. The Kier molecular flexibility index (Phi) is 7.41. The van der Waals surface area contributed by atoms with Crippen LogP contribution in [0.15, 0.2) is 40.9 Å². The molecule has 0 radical (unpaired) electrons. The average Bonchev–Trinajstić information content (AvgIpc) is 3.44. The molecule has 3 heterocycles. The molecule has 0 saturated carbocycles. The molecule has 7 nitrogen and oxygen atoms in total. The van der Waals surface area contributed by atoms with Crippen molar-refractivity contribution >= 4 is 23.5 Å². The van der Waals surface area contributed by atoms with E-state index in [9.17, 15) is 9.59 Å². The first-order valence-electron chi connectivity index (χ1n) is 11.3. The van der Waals surface area contributed by atoms with Gasteiger partial charge in [-0.2, -0.15) is 0 Å². The van der Waals surface area contributed by atoms with Crippen molar-refractivity contribution in [1.29, 1.82) is 0 Å². The lowest BCUT2D eigenvalue weighted by molar-refractivity contribution is -0.122. The van der Waals surface area contributed by atoms with E-state index in [0.717, 1.165) is 33.9 Å². The van der Waals surface area contributed by atoms with Crippen molar-refractivity contribution in [3.8, 4) is 0 Å². The van der Waals surface area contributed by atoms with Crippen LogP contribution < -0.4 is 5.32 Å². The number of hydrogen-bond acceptors (Lipinski definition) is 4. The molecule has 2 aromatic rings. The van der Waals surface area contributed by atoms with Gasteiger partial charge >= 0.3 is 0 Å². The predicted molar refractivity (Wildman–Crippen MR) is 131 cm³/mol. The number of aromatic nitrogens is 2. The Morgan fingerprint density at radius 3 is 2.55 bits per heavy atom. The summed E-state index contributed by atoms with van der Waals surface area (Å²) in [4.78, 5) is 36.1. The Morgan fingerprint density at radius 2 is 1.91 bits per heavy atom. The van der Waals surface area contributed by atoms with Crippen LogP contribution >= 0.6 is 0 Å². The van der Waals surface area contributed by atoms with Gasteiger partial charge in [0.1, 0.15) is 11.5 Å². The molecule has 1 aliphatic heterocycles. The van der Waals surface area contributed by atoms with Crippen molar-refractivity contribution in [2.75, 3.05) is 7.11 Å². The maximum absolute atomic E-state index is 12.9. The zero-order valence-electron chi connectivity index (χ0n) is 20.4. The van der Waals surface area contributed by atoms with Gasteiger partial charge in [-0.25, -0.2) is 4.99 Å². The van der Waals surface area contributed by atoms with Gasteiger partial charge in [-0.05, 0) is 71.2 Å². The summed E-state index contributed by atoms with van der Waals surface area (Å²) >= 11 is 0. The molecule has 0 atom stereocenters. The quantitative estimate of drug-likeness (QED) is 0.371. The molecule has 0 aliphatic carbocycles. The highest BCUT2D eigenvalue weighted by molar-refractivity contribution is 6.11. The van der Waals surface area contributed by atoms with Crippen LogP contribution in [0, 0.1) is 13.8 Å². The molecule has 7 heteroatoms. The Labute approximate surface area is 195 Å². The number of rotatable bonds is 9. The normalized spacial score (nSPS) is 14.9. The number of Topliss-reactive ketones (excluding diaryl/α,β-unsaturated/α-hetero) is 1. The monoisotopic (exact) mass is 450 g/mol. The number of allylic oxidation sites excluding steroid dienone is 1. The third-order valence-corrected chi connectivity index (χ3v) is 5.46. The standard InChI is InChI=1S/C26H34N4O3/c1-16-19(14-21-23(33-6)15-20(29-21)18-10-9-13-27-18)28-17(2)25(16)22(31)11-7-8-12-24(32)30-26(3,4)5/h9-10,13-15,27-28H,7-8,11-12H2,1-6H3,(H,30,32)/b21-14+. The Morgan fingerprint density at radius 1 is 1.18 bits per heavy atom. The molecule has 0 unspecified atom stereocenters. The fourth-order valence-corrected chi connectivity index (χ4v) is 3.96. The Bertz CT molecular complexity index is 1110. The first-order valence-corrected chi connectivity index (χ1v) is 11.3. The molecule has 0 saturated heterocycles. The molecule has 176 valence electrons. The van der Waals surface area contributed by atoms with Crippen LogP contribution in [0.5, 0.6) is 0 Å². The number of carbonyl (C=O) groups excluding carboxylic acids is 2. The topological polar surface area (TPSA) is 99.3 Å². The van der Waals surface area contributed by atoms with Crippen LogP contribution in [-0.2, 0) is 9.53 Å². The van der Waals surface area contributed by atoms with E-state index in [-0.39, 0.29) is 17.2 Å². The fraction of sp³-hybridized carbons (Fsp3) is 0.423. The third-order valence-electron chi connectivity index (χ3n) is 5.46. The molecule has 3 rings (SSSR count). The van der Waals surface area contributed by atoms with E-state index >= 15 is 0 Å². The Hall–Kier alpha value is -3.35. The van der Waals surface area contributed by atoms with E-state index in [0.29, 0.717) is 37.1 Å². The minimum Gasteiger partial charge on any atom is -0.494 e. The number of unbranched alkanes of at least 4 members (excludes halogenated alkanes) is 1. The maximum Gasteiger partial charge on any atom is 0.220 e. The molecule has 2 aromatic heterocycles. The number of hydrogen-bond donors (Lipinski definition) is 3. The van der Waals surface area contributed by atoms with Gasteiger partial charge in [-0.1, -0.05) is 0 Å². The van der Waals surface area contributed by atoms with Crippen LogP contribution in [0.3, 0.4) is 0 Å². The summed E-state index contributed by atoms with van der Waals surface area (Å²) in [6.45, 7) is 9.74. The maximum atomic E-state index is 12.9. The van der Waals surface area contributed by atoms with Crippen LogP contribution in [0.2, 0.25) is 0 Å². The van der Waals surface area contributed by atoms with E-state index in [4.69, 9.17) is 9.73 Å². The van der Waals surface area contributed by atoms with Crippen LogP contribution in [0.1, 0.15) is 79.5 Å². The number of aromatic amines is 2. The number of nitrogens with zero attached hydrogens (tertiary/aromatic N) is 1. The average molecular weight is 451 g/mol. The van der Waals surface area contributed by atoms with Gasteiger partial charge in [0.15, 0.2) is 5.78 Å². The first kappa shape index (κ1) is 24.3. The minimum atomic E-state index is -0.236. The van der Waals surface area contributed by atoms with Crippen LogP contribution in [0.4, 0.5) is 0 Å². The van der Waals surface area contributed by atoms with Crippen molar-refractivity contribution in [1.82, 2.24) is 15.3 Å². The highest BCUT2D eigenvalue weighted by Crippen LogP contribution is 2.28. The van der Waals surface area contributed by atoms with Gasteiger partial charge in [0.05, 0.1) is 18.5 Å². The first-order chi connectivity index (χ1) is 15.6. The number of carbonyl (C=O) groups is 2. The summed E-state index contributed by atoms with van der Waals surface area (Å²) in [5.41, 5.74) is 5.48. The van der Waals surface area contributed by atoms with Crippen molar-refractivity contribution in [3.63, 3.8) is 0 Å². The van der Waals surface area contributed by atoms with Crippen molar-refractivity contribution in [2.24, 2.45) is 4.99 Å². The number of ketones is 1. The molecule has 0 fully saturated rings. The highest BCUT2D eigenvalue weighted by Gasteiger charge is 2.21. The molecule has 0 spiro atoms. The molecular formula is C26H34N4O3. The van der Waals surface area contributed by atoms with E-state index in [1.807, 2.05) is 65.1 Å². The summed E-state index contributed by atoms with van der Waals surface area (Å²) in [7, 11) is 1.62. The van der Waals surface area contributed by atoms with Crippen LogP contribution in [0.25, 0.3) is 6.08 Å². The number of ether oxygens (including phenoxy) is 1. The highest BCUT2D eigenvalue weighted by atomic mass is 16.5. The zero-order valence-corrected chi connectivity index (χ0v) is 20.4. The molecule has 1 aliphatic rings. The van der Waals surface area contributed by atoms with Crippen molar-refractivity contribution in [2.45, 2.75) is 65.8 Å². The van der Waals surface area contributed by atoms with E-state index < -0.39 is 0 Å². The lowest BCUT2D eigenvalue weighted by Gasteiger charge is -2.20. The van der Waals surface area contributed by atoms with Gasteiger partial charge in [-0.15, -0.1) is 0 Å². The second kappa shape index (κ2) is 10.1. The lowest BCUT2D eigenvalue weighted by Crippen LogP contribution is -2.40. The molecule has 1 amide bonds. The molecule has 0 aromatic carbocycles. The predicted octanol–water partition coefficient (Wildman–Crippen LogP) is 4.99. The Balaban J connectivity index is 1.68. The second-order valence-electron chi connectivity index (χ2n) is 9.42. The number of methoxy groups -OCH3 is 1. The number of amides is 1. The van der Waals surface area contributed by atoms with Gasteiger partial charge in [-0.3, -0.25) is 9.59 Å². The summed E-state index contributed by atoms with van der Waals surface area (Å²) in [5, 5.41) is 2.95. The smallest absolute Gasteiger partial charge is 0.220 e. The van der Waals surface area contributed by atoms with Crippen LogP contribution in [-0.4, -0.2) is 40.0 Å². The number of H-pyrrole nitrogens is 2. The minimum absolute atomic E-state index is 0.0238. The molecule has 0 bridgehead atoms. The molecular weight excluding hydrogens is 416 g/mol. The third kappa shape index (κ3) is 6.12. The summed E-state index contributed by atoms with van der Waals surface area (Å²) in [6, 6.07) is 3.88. The van der Waals surface area contributed by atoms with E-state index in [2.05, 4.69) is 15.3 Å². The van der Waals surface area contributed by atoms with Gasteiger partial charge in [0.25, 0.3) is 0 Å². The van der Waals surface area contributed by atoms with Crippen molar-refractivity contribution < 1.29 is 14.3 Å². The molecule has 3 N–H and O–H groups in total. The summed E-state index contributed by atoms with van der Waals surface area (Å²) in [5.74, 6) is 0.787. The second-order valence-corrected chi connectivity index (χ2v) is 9.42. The number of nitrogens with one attached hydrogen (secondary N) is 3. The fourth-order valence-electron chi connectivity index (χ4n) is 3.96. The zero-order chi connectivity index (χ0) is 24.2. The molecule has 33 heavy (non-hydrogen) atoms. The van der Waals surface area contributed by atoms with E-state index in [1.54, 1.807) is 7.11 Å². The van der Waals surface area contributed by atoms with Gasteiger partial charge < -0.3 is 20.0 Å². The largest absolute Gasteiger partial charge is 0.494 e.